The average molecular weight is 260 g/mol. The first-order valence-electron chi connectivity index (χ1n) is 5.90. The Morgan fingerprint density at radius 2 is 2.00 bits per heavy atom. The van der Waals surface area contributed by atoms with Gasteiger partial charge in [0, 0.05) is 12.5 Å². The van der Waals surface area contributed by atoms with E-state index >= 15 is 0 Å². The standard InChI is InChI=1S/C14H16N2O3/c1-18-12-5-3-4-10(6-12)13(17)7-11-8-14(19-2)16-9-15-11/h3-6,8-9,13,17H,7H2,1-2H3. The zero-order valence-corrected chi connectivity index (χ0v) is 10.9. The Hall–Kier alpha value is -2.14. The minimum absolute atomic E-state index is 0.395. The predicted octanol–water partition coefficient (Wildman–Crippen LogP) is 1.77. The molecule has 0 amide bonds. The highest BCUT2D eigenvalue weighted by molar-refractivity contribution is 5.30. The largest absolute Gasteiger partial charge is 0.497 e. The van der Waals surface area contributed by atoms with Gasteiger partial charge in [0.2, 0.25) is 5.88 Å². The highest BCUT2D eigenvalue weighted by Crippen LogP contribution is 2.22. The minimum atomic E-state index is -0.644. The van der Waals surface area contributed by atoms with Crippen molar-refractivity contribution in [2.75, 3.05) is 14.2 Å². The molecule has 2 aromatic rings. The van der Waals surface area contributed by atoms with Crippen LogP contribution in [-0.4, -0.2) is 29.3 Å². The first-order valence-corrected chi connectivity index (χ1v) is 5.90. The van der Waals surface area contributed by atoms with Crippen molar-refractivity contribution in [3.63, 3.8) is 0 Å². The second-order valence-corrected chi connectivity index (χ2v) is 4.05. The molecule has 5 heteroatoms. The maximum Gasteiger partial charge on any atom is 0.216 e. The van der Waals surface area contributed by atoms with Crippen molar-refractivity contribution in [3.05, 3.63) is 47.9 Å². The number of hydrogen-bond donors (Lipinski definition) is 1. The molecule has 1 unspecified atom stereocenters. The molecule has 0 aliphatic carbocycles. The Kier molecular flexibility index (Phi) is 4.30. The van der Waals surface area contributed by atoms with Crippen LogP contribution in [0.2, 0.25) is 0 Å². The predicted molar refractivity (Wildman–Crippen MR) is 70.2 cm³/mol. The van der Waals surface area contributed by atoms with E-state index in [2.05, 4.69) is 9.97 Å². The van der Waals surface area contributed by atoms with Gasteiger partial charge in [-0.3, -0.25) is 0 Å². The van der Waals surface area contributed by atoms with E-state index in [1.165, 1.54) is 6.33 Å². The normalized spacial score (nSPS) is 11.9. The summed E-state index contributed by atoms with van der Waals surface area (Å²) < 4.78 is 10.2. The molecule has 19 heavy (non-hydrogen) atoms. The molecule has 0 radical (unpaired) electrons. The summed E-state index contributed by atoms with van der Waals surface area (Å²) in [4.78, 5) is 8.04. The van der Waals surface area contributed by atoms with E-state index in [1.54, 1.807) is 20.3 Å². The minimum Gasteiger partial charge on any atom is -0.497 e. The van der Waals surface area contributed by atoms with Crippen LogP contribution < -0.4 is 9.47 Å². The number of rotatable bonds is 5. The lowest BCUT2D eigenvalue weighted by Gasteiger charge is -2.12. The molecule has 100 valence electrons. The van der Waals surface area contributed by atoms with Crippen LogP contribution in [0.1, 0.15) is 17.4 Å². The number of aliphatic hydroxyl groups excluding tert-OH is 1. The highest BCUT2D eigenvalue weighted by Gasteiger charge is 2.11. The van der Waals surface area contributed by atoms with Crippen LogP contribution in [0.15, 0.2) is 36.7 Å². The Bertz CT molecular complexity index is 546. The van der Waals surface area contributed by atoms with Gasteiger partial charge in [0.25, 0.3) is 0 Å². The second-order valence-electron chi connectivity index (χ2n) is 4.05. The van der Waals surface area contributed by atoms with Crippen LogP contribution in [0, 0.1) is 0 Å². The van der Waals surface area contributed by atoms with Crippen LogP contribution in [0.3, 0.4) is 0 Å². The number of hydrogen-bond acceptors (Lipinski definition) is 5. The molecule has 1 N–H and O–H groups in total. The monoisotopic (exact) mass is 260 g/mol. The third-order valence-corrected chi connectivity index (χ3v) is 2.79. The number of nitrogens with zero attached hydrogens (tertiary/aromatic N) is 2. The number of benzene rings is 1. The van der Waals surface area contributed by atoms with E-state index in [4.69, 9.17) is 9.47 Å². The zero-order chi connectivity index (χ0) is 13.7. The summed E-state index contributed by atoms with van der Waals surface area (Å²) in [6, 6.07) is 9.06. The Morgan fingerprint density at radius 3 is 2.74 bits per heavy atom. The van der Waals surface area contributed by atoms with E-state index < -0.39 is 6.10 Å². The van der Waals surface area contributed by atoms with Crippen LogP contribution in [0.25, 0.3) is 0 Å². The van der Waals surface area contributed by atoms with E-state index in [0.717, 1.165) is 17.0 Å². The van der Waals surface area contributed by atoms with Gasteiger partial charge < -0.3 is 14.6 Å². The number of aliphatic hydroxyl groups is 1. The zero-order valence-electron chi connectivity index (χ0n) is 10.9. The van der Waals surface area contributed by atoms with Crippen LogP contribution >= 0.6 is 0 Å². The van der Waals surface area contributed by atoms with Gasteiger partial charge in [-0.1, -0.05) is 12.1 Å². The van der Waals surface area contributed by atoms with Crippen molar-refractivity contribution in [1.29, 1.82) is 0 Å². The lowest BCUT2D eigenvalue weighted by Crippen LogP contribution is -2.04. The summed E-state index contributed by atoms with van der Waals surface area (Å²) in [5, 5.41) is 10.2. The fourth-order valence-electron chi connectivity index (χ4n) is 1.76. The SMILES string of the molecule is COc1cccc(C(O)Cc2cc(OC)ncn2)c1. The first kappa shape index (κ1) is 13.3. The Morgan fingerprint density at radius 1 is 1.16 bits per heavy atom. The van der Waals surface area contributed by atoms with Crippen molar-refractivity contribution < 1.29 is 14.6 Å². The summed E-state index contributed by atoms with van der Waals surface area (Å²) in [6.45, 7) is 0. The number of aromatic nitrogens is 2. The van der Waals surface area contributed by atoms with E-state index in [9.17, 15) is 5.11 Å². The second kappa shape index (κ2) is 6.15. The summed E-state index contributed by atoms with van der Waals surface area (Å²) >= 11 is 0. The molecule has 2 rings (SSSR count). The smallest absolute Gasteiger partial charge is 0.216 e. The molecule has 0 saturated heterocycles. The van der Waals surface area contributed by atoms with Crippen molar-refractivity contribution in [3.8, 4) is 11.6 Å². The maximum absolute atomic E-state index is 10.2. The van der Waals surface area contributed by atoms with Gasteiger partial charge in [0.1, 0.15) is 12.1 Å². The van der Waals surface area contributed by atoms with Gasteiger partial charge >= 0.3 is 0 Å². The fourth-order valence-corrected chi connectivity index (χ4v) is 1.76. The molecule has 0 bridgehead atoms. The summed E-state index contributed by atoms with van der Waals surface area (Å²) in [6.07, 6.45) is 1.17. The van der Waals surface area contributed by atoms with Gasteiger partial charge in [-0.25, -0.2) is 9.97 Å². The quantitative estimate of drug-likeness (QED) is 0.887. The van der Waals surface area contributed by atoms with Crippen LogP contribution in [0.5, 0.6) is 11.6 Å². The van der Waals surface area contributed by atoms with Crippen LogP contribution in [0.4, 0.5) is 0 Å². The topological polar surface area (TPSA) is 64.5 Å². The van der Waals surface area contributed by atoms with Crippen molar-refractivity contribution in [1.82, 2.24) is 9.97 Å². The molecule has 1 heterocycles. The summed E-state index contributed by atoms with van der Waals surface area (Å²) in [7, 11) is 3.14. The molecular formula is C14H16N2O3. The molecule has 0 saturated carbocycles. The lowest BCUT2D eigenvalue weighted by atomic mass is 10.0. The molecular weight excluding hydrogens is 244 g/mol. The molecule has 1 aromatic carbocycles. The lowest BCUT2D eigenvalue weighted by molar-refractivity contribution is 0.176. The Balaban J connectivity index is 2.13. The molecule has 1 atom stereocenters. The maximum atomic E-state index is 10.2. The van der Waals surface area contributed by atoms with Crippen molar-refractivity contribution in [2.24, 2.45) is 0 Å². The molecule has 0 aliphatic rings. The molecule has 0 fully saturated rings. The molecule has 5 nitrogen and oxygen atoms in total. The highest BCUT2D eigenvalue weighted by atomic mass is 16.5. The van der Waals surface area contributed by atoms with E-state index in [1.807, 2.05) is 24.3 Å². The van der Waals surface area contributed by atoms with Gasteiger partial charge in [0.05, 0.1) is 26.0 Å². The summed E-state index contributed by atoms with van der Waals surface area (Å²) in [5.74, 6) is 1.21. The van der Waals surface area contributed by atoms with Crippen molar-refractivity contribution in [2.45, 2.75) is 12.5 Å². The van der Waals surface area contributed by atoms with Gasteiger partial charge in [-0.2, -0.15) is 0 Å². The van der Waals surface area contributed by atoms with Gasteiger partial charge in [0.15, 0.2) is 0 Å². The third kappa shape index (κ3) is 3.42. The average Bonchev–Trinajstić information content (AvgIpc) is 2.47. The molecule has 1 aromatic heterocycles. The van der Waals surface area contributed by atoms with Crippen molar-refractivity contribution >= 4 is 0 Å². The van der Waals surface area contributed by atoms with E-state index in [-0.39, 0.29) is 0 Å². The van der Waals surface area contributed by atoms with Crippen LogP contribution in [-0.2, 0) is 6.42 Å². The van der Waals surface area contributed by atoms with Gasteiger partial charge in [-0.05, 0) is 17.7 Å². The van der Waals surface area contributed by atoms with Gasteiger partial charge in [-0.15, -0.1) is 0 Å². The third-order valence-electron chi connectivity index (χ3n) is 2.79. The summed E-state index contributed by atoms with van der Waals surface area (Å²) in [5.41, 5.74) is 1.51. The molecule has 0 aliphatic heterocycles. The first-order chi connectivity index (χ1) is 9.22. The number of ether oxygens (including phenoxy) is 2. The molecule has 0 spiro atoms. The fraction of sp³-hybridized carbons (Fsp3) is 0.286. The number of methoxy groups -OCH3 is 2. The Labute approximate surface area is 111 Å². The van der Waals surface area contributed by atoms with E-state index in [0.29, 0.717) is 12.3 Å².